The lowest BCUT2D eigenvalue weighted by Crippen LogP contribution is -2.60. The van der Waals surface area contributed by atoms with Crippen LogP contribution in [0.5, 0.6) is 0 Å². The molecule has 1 aromatic carbocycles. The molecule has 1 N–H and O–H groups in total. The van der Waals surface area contributed by atoms with Gasteiger partial charge in [0.1, 0.15) is 4.88 Å². The van der Waals surface area contributed by atoms with Crippen LogP contribution in [0, 0.1) is 6.92 Å². The van der Waals surface area contributed by atoms with Crippen molar-refractivity contribution in [1.82, 2.24) is 10.1 Å². The Balaban J connectivity index is 2.03. The van der Waals surface area contributed by atoms with Gasteiger partial charge in [0.05, 0.1) is 11.3 Å². The number of thiophene rings is 1. The number of fused-ring (bicyclic) bond motifs is 3. The molecule has 0 unspecified atom stereocenters. The van der Waals surface area contributed by atoms with Crippen LogP contribution in [0.4, 0.5) is 5.69 Å². The van der Waals surface area contributed by atoms with Gasteiger partial charge in [0, 0.05) is 17.3 Å². The highest BCUT2D eigenvalue weighted by atomic mass is 32.2. The summed E-state index contributed by atoms with van der Waals surface area (Å²) in [5.41, 5.74) is 2.85. The zero-order valence-electron chi connectivity index (χ0n) is 16.6. The number of carbonyl (C=O) groups excluding carboxylic acids is 1. The molecule has 0 radical (unpaired) electrons. The molecule has 0 saturated heterocycles. The molecule has 150 valence electrons. The van der Waals surface area contributed by atoms with E-state index in [4.69, 9.17) is 5.10 Å². The maximum absolute atomic E-state index is 13.1. The molecule has 4 rings (SSSR count). The molecule has 0 bridgehead atoms. The molecule has 29 heavy (non-hydrogen) atoms. The maximum atomic E-state index is 13.1. The Morgan fingerprint density at radius 2 is 2.10 bits per heavy atom. The van der Waals surface area contributed by atoms with Gasteiger partial charge in [-0.05, 0) is 47.2 Å². The molecule has 3 aromatic rings. The van der Waals surface area contributed by atoms with E-state index in [0.29, 0.717) is 17.3 Å². The average molecular weight is 428 g/mol. The van der Waals surface area contributed by atoms with Crippen LogP contribution < -0.4 is 15.1 Å². The minimum Gasteiger partial charge on any atom is -0.291 e. The second-order valence-electron chi connectivity index (χ2n) is 6.88. The number of rotatable bonds is 5. The van der Waals surface area contributed by atoms with Gasteiger partial charge in [0.2, 0.25) is 11.1 Å². The first-order valence-corrected chi connectivity index (χ1v) is 11.6. The third kappa shape index (κ3) is 3.40. The molecular weight excluding hydrogens is 404 g/mol. The van der Waals surface area contributed by atoms with Gasteiger partial charge in [-0.3, -0.25) is 14.6 Å². The lowest BCUT2D eigenvalue weighted by Gasteiger charge is -2.31. The molecule has 0 saturated carbocycles. The number of aromatic nitrogens is 3. The van der Waals surface area contributed by atoms with E-state index in [2.05, 4.69) is 11.9 Å². The van der Waals surface area contributed by atoms with Crippen LogP contribution in [0.15, 0.2) is 45.7 Å². The van der Waals surface area contributed by atoms with Crippen LogP contribution in [0.3, 0.4) is 0 Å². The summed E-state index contributed by atoms with van der Waals surface area (Å²) < 4.78 is 1.74. The van der Waals surface area contributed by atoms with Gasteiger partial charge < -0.3 is 0 Å². The minimum atomic E-state index is -0.476. The molecule has 1 atom stereocenters. The highest BCUT2D eigenvalue weighted by molar-refractivity contribution is 7.99. The van der Waals surface area contributed by atoms with Gasteiger partial charge in [0.15, 0.2) is 0 Å². The van der Waals surface area contributed by atoms with E-state index in [0.717, 1.165) is 33.9 Å². The number of anilines is 1. The Morgan fingerprint density at radius 3 is 2.79 bits per heavy atom. The first kappa shape index (κ1) is 19.8. The second kappa shape index (κ2) is 8.12. The predicted octanol–water partition coefficient (Wildman–Crippen LogP) is 3.90. The van der Waals surface area contributed by atoms with Crippen molar-refractivity contribution in [3.05, 3.63) is 56.5 Å². The van der Waals surface area contributed by atoms with Crippen molar-refractivity contribution < 1.29 is 9.48 Å². The molecule has 0 spiro atoms. The molecule has 0 aliphatic carbocycles. The summed E-state index contributed by atoms with van der Waals surface area (Å²) in [5, 5.41) is 7.38. The molecule has 1 aliphatic heterocycles. The molecular formula is C21H23N4O2S2+. The summed E-state index contributed by atoms with van der Waals surface area (Å²) in [6.45, 7) is 5.98. The SMILES string of the molecule is CCCSc1n[n+]2c(c(=O)[nH]1)-c1ccccc1N(C(=O)CC)[C@@H]2c1sccc1C. The van der Waals surface area contributed by atoms with E-state index < -0.39 is 6.17 Å². The molecule has 2 aromatic heterocycles. The van der Waals surface area contributed by atoms with Crippen molar-refractivity contribution in [2.24, 2.45) is 0 Å². The number of benzene rings is 1. The van der Waals surface area contributed by atoms with Crippen LogP contribution in [0.1, 0.15) is 43.3 Å². The third-order valence-electron chi connectivity index (χ3n) is 4.91. The molecule has 6 nitrogen and oxygen atoms in total. The zero-order valence-corrected chi connectivity index (χ0v) is 18.3. The van der Waals surface area contributed by atoms with E-state index in [1.165, 1.54) is 11.8 Å². The van der Waals surface area contributed by atoms with Crippen LogP contribution in [-0.2, 0) is 4.79 Å². The number of thioether (sulfide) groups is 1. The fourth-order valence-corrected chi connectivity index (χ4v) is 5.27. The number of hydrogen-bond donors (Lipinski definition) is 1. The van der Waals surface area contributed by atoms with Gasteiger partial charge in [-0.15, -0.1) is 11.3 Å². The van der Waals surface area contributed by atoms with Crippen molar-refractivity contribution in [2.45, 2.75) is 44.9 Å². The van der Waals surface area contributed by atoms with Crippen LogP contribution in [0.25, 0.3) is 11.3 Å². The van der Waals surface area contributed by atoms with Gasteiger partial charge >= 0.3 is 17.4 Å². The summed E-state index contributed by atoms with van der Waals surface area (Å²) in [4.78, 5) is 32.0. The number of aryl methyl sites for hydroxylation is 1. The Labute approximate surface area is 177 Å². The summed E-state index contributed by atoms with van der Waals surface area (Å²) >= 11 is 3.10. The van der Waals surface area contributed by atoms with E-state index in [1.54, 1.807) is 20.9 Å². The van der Waals surface area contributed by atoms with Crippen molar-refractivity contribution >= 4 is 34.7 Å². The van der Waals surface area contributed by atoms with E-state index >= 15 is 0 Å². The van der Waals surface area contributed by atoms with Gasteiger partial charge in [-0.25, -0.2) is 4.90 Å². The molecule has 0 fully saturated rings. The maximum Gasteiger partial charge on any atom is 0.325 e. The summed E-state index contributed by atoms with van der Waals surface area (Å²) in [5.74, 6) is 0.859. The van der Waals surface area contributed by atoms with Crippen LogP contribution in [-0.4, -0.2) is 21.7 Å². The standard InChI is InChI=1S/C21H22N4O2S2/c1-4-11-29-21-22-19(27)17-14-8-6-7-9-15(14)24(16(26)5-2)20(25(17)23-21)18-13(3)10-12-28-18/h6-10,12,20H,4-5,11H2,1-3H3/p+1/t20-/m0/s1. The van der Waals surface area contributed by atoms with Gasteiger partial charge in [-0.2, -0.15) is 0 Å². The summed E-state index contributed by atoms with van der Waals surface area (Å²) in [6.07, 6.45) is 0.870. The second-order valence-corrected chi connectivity index (χ2v) is 8.91. The summed E-state index contributed by atoms with van der Waals surface area (Å²) in [7, 11) is 0. The van der Waals surface area contributed by atoms with E-state index in [-0.39, 0.29) is 11.5 Å². The Kier molecular flexibility index (Phi) is 5.56. The van der Waals surface area contributed by atoms with E-state index in [1.807, 2.05) is 49.6 Å². The van der Waals surface area contributed by atoms with Crippen molar-refractivity contribution in [3.63, 3.8) is 0 Å². The molecule has 3 heterocycles. The highest BCUT2D eigenvalue weighted by Gasteiger charge is 2.46. The average Bonchev–Trinajstić information content (AvgIpc) is 3.15. The van der Waals surface area contributed by atoms with Gasteiger partial charge in [-0.1, -0.05) is 37.7 Å². The number of nitrogens with one attached hydrogen (secondary N) is 1. The Morgan fingerprint density at radius 1 is 1.31 bits per heavy atom. The minimum absolute atomic E-state index is 0.00163. The first-order valence-electron chi connectivity index (χ1n) is 9.71. The quantitative estimate of drug-likeness (QED) is 0.495. The molecule has 8 heteroatoms. The number of nitrogens with zero attached hydrogens (tertiary/aromatic N) is 3. The lowest BCUT2D eigenvalue weighted by molar-refractivity contribution is -0.762. The number of para-hydroxylation sites is 1. The predicted molar refractivity (Wildman–Crippen MR) is 116 cm³/mol. The number of aromatic amines is 1. The smallest absolute Gasteiger partial charge is 0.291 e. The van der Waals surface area contributed by atoms with Crippen molar-refractivity contribution in [2.75, 3.05) is 10.7 Å². The normalized spacial score (nSPS) is 15.1. The lowest BCUT2D eigenvalue weighted by atomic mass is 10.0. The topological polar surface area (TPSA) is 69.9 Å². The molecule has 1 amide bonds. The summed E-state index contributed by atoms with van der Waals surface area (Å²) in [6, 6.07) is 9.60. The third-order valence-corrected chi connectivity index (χ3v) is 7.04. The molecule has 1 aliphatic rings. The monoisotopic (exact) mass is 427 g/mol. The number of H-pyrrole nitrogens is 1. The van der Waals surface area contributed by atoms with Crippen molar-refractivity contribution in [3.8, 4) is 11.3 Å². The highest BCUT2D eigenvalue weighted by Crippen LogP contribution is 2.39. The number of carbonyl (C=O) groups is 1. The fourth-order valence-electron chi connectivity index (χ4n) is 3.56. The number of hydrogen-bond acceptors (Lipinski definition) is 5. The van der Waals surface area contributed by atoms with Crippen molar-refractivity contribution in [1.29, 1.82) is 0 Å². The zero-order chi connectivity index (χ0) is 20.5. The van der Waals surface area contributed by atoms with Gasteiger partial charge in [0.25, 0.3) is 0 Å². The largest absolute Gasteiger partial charge is 0.325 e. The van der Waals surface area contributed by atoms with Crippen LogP contribution >= 0.6 is 23.1 Å². The van der Waals surface area contributed by atoms with Crippen LogP contribution in [0.2, 0.25) is 0 Å². The fraction of sp³-hybridized carbons (Fsp3) is 0.333. The number of amides is 1. The Bertz CT molecular complexity index is 1120. The van der Waals surface area contributed by atoms with E-state index in [9.17, 15) is 9.59 Å². The Hall–Kier alpha value is -2.45. The first-order chi connectivity index (χ1) is 14.1.